The molecule has 0 saturated heterocycles. The highest BCUT2D eigenvalue weighted by molar-refractivity contribution is 7.92. The van der Waals surface area contributed by atoms with Crippen molar-refractivity contribution in [3.8, 4) is 5.75 Å². The van der Waals surface area contributed by atoms with E-state index >= 15 is 4.39 Å². The van der Waals surface area contributed by atoms with Gasteiger partial charge in [0.05, 0.1) is 35.2 Å². The van der Waals surface area contributed by atoms with Crippen molar-refractivity contribution in [2.24, 2.45) is 0 Å². The van der Waals surface area contributed by atoms with Crippen LogP contribution < -0.4 is 15.1 Å². The van der Waals surface area contributed by atoms with Crippen molar-refractivity contribution in [2.45, 2.75) is 133 Å². The minimum atomic E-state index is -3.73. The molecule has 0 radical (unpaired) electrons. The van der Waals surface area contributed by atoms with E-state index in [4.69, 9.17) is 18.9 Å². The number of imide groups is 1. The van der Waals surface area contributed by atoms with Crippen LogP contribution in [0.2, 0.25) is 25.7 Å². The first-order chi connectivity index (χ1) is 34.6. The summed E-state index contributed by atoms with van der Waals surface area (Å²) in [6, 6.07) is 21.1. The number of carboxylic acids is 1. The third kappa shape index (κ3) is 15.2. The molecule has 1 aliphatic carbocycles. The molecule has 1 aliphatic rings. The number of aromatic nitrogens is 1. The maximum Gasteiger partial charge on any atom is 0.439 e. The molecule has 0 bridgehead atoms. The maximum absolute atomic E-state index is 15.4. The van der Waals surface area contributed by atoms with Crippen molar-refractivity contribution >= 4 is 70.2 Å². The second-order valence-corrected chi connectivity index (χ2v) is 29.2. The van der Waals surface area contributed by atoms with Crippen LogP contribution in [0.25, 0.3) is 10.8 Å². The van der Waals surface area contributed by atoms with E-state index in [1.165, 1.54) is 72.7 Å². The number of sulfone groups is 1. The average molecular weight is 1060 g/mol. The van der Waals surface area contributed by atoms with Crippen LogP contribution in [0, 0.1) is 5.82 Å². The van der Waals surface area contributed by atoms with Gasteiger partial charge in [0.25, 0.3) is 0 Å². The molecule has 4 amide bonds. The summed E-state index contributed by atoms with van der Waals surface area (Å²) < 4.78 is 65.8. The summed E-state index contributed by atoms with van der Waals surface area (Å²) in [6.45, 7) is 16.1. The molecule has 2 N–H and O–H groups in total. The van der Waals surface area contributed by atoms with Gasteiger partial charge in [0, 0.05) is 44.2 Å². The van der Waals surface area contributed by atoms with Crippen LogP contribution >= 0.6 is 0 Å². The number of pyridine rings is 1. The van der Waals surface area contributed by atoms with Crippen molar-refractivity contribution in [1.82, 2.24) is 14.9 Å². The molecule has 4 aromatic carbocycles. The standard InChI is InChI=1S/C54H66FN5O12SSi/c1-53(2,3)71-51(65)60(52(66)72-54(4,5)6)59(41-20-16-38-31-56-32-44(55)43(38)30-41)48(49(62)63)37-17-23-45(70-34-35-14-12-11-13-15-35)36(28-37)18-25-47(61)57-40-19-24-46(73(67,68)42-21-22-42)39(29-40)33-58(7)50(64)69-26-27-74(8,9)10/h11-17,19-20,23-24,28-32,42,48H,18,21-22,25-27,33-34H2,1-10H3,(H,57,61)(H,62,63). The van der Waals surface area contributed by atoms with E-state index in [0.717, 1.165) is 22.8 Å². The van der Waals surface area contributed by atoms with Gasteiger partial charge in [0.1, 0.15) is 29.4 Å². The summed E-state index contributed by atoms with van der Waals surface area (Å²) in [5.41, 5.74) is -0.754. The molecular formula is C54H66FN5O12SSi. The fourth-order valence-corrected chi connectivity index (χ4v) is 10.3. The Bertz CT molecular complexity index is 2960. The van der Waals surface area contributed by atoms with E-state index in [9.17, 15) is 37.5 Å². The number of hydrogen-bond donors (Lipinski definition) is 2. The van der Waals surface area contributed by atoms with Gasteiger partial charge in [-0.3, -0.25) is 14.8 Å². The fraction of sp³-hybridized carbons (Fsp3) is 0.407. The Morgan fingerprint density at radius 3 is 2.11 bits per heavy atom. The number of aryl methyl sites for hydroxylation is 1. The first-order valence-electron chi connectivity index (χ1n) is 24.3. The highest BCUT2D eigenvalue weighted by Crippen LogP contribution is 2.38. The molecule has 5 aromatic rings. The van der Waals surface area contributed by atoms with E-state index in [2.05, 4.69) is 29.9 Å². The number of hydrazine groups is 1. The summed E-state index contributed by atoms with van der Waals surface area (Å²) >= 11 is 0. The third-order valence-corrected chi connectivity index (χ3v) is 15.5. The number of nitrogens with zero attached hydrogens (tertiary/aromatic N) is 4. The quantitative estimate of drug-likeness (QED) is 0.0448. The number of rotatable bonds is 19. The molecule has 0 spiro atoms. The normalized spacial score (nSPS) is 13.3. The van der Waals surface area contributed by atoms with Crippen LogP contribution in [0.1, 0.15) is 89.1 Å². The molecule has 20 heteroatoms. The van der Waals surface area contributed by atoms with Gasteiger partial charge in [-0.05, 0) is 132 Å². The summed E-state index contributed by atoms with van der Waals surface area (Å²) in [6.07, 6.45) is -0.0264. The molecule has 1 atom stereocenters. The number of carboxylic acid groups (broad SMARTS) is 1. The number of carbonyl (C=O) groups is 5. The van der Waals surface area contributed by atoms with Crippen molar-refractivity contribution in [2.75, 3.05) is 24.0 Å². The zero-order valence-electron chi connectivity index (χ0n) is 43.6. The van der Waals surface area contributed by atoms with Gasteiger partial charge in [0.15, 0.2) is 15.9 Å². The lowest BCUT2D eigenvalue weighted by atomic mass is 9.99. The number of ether oxygens (including phenoxy) is 4. The van der Waals surface area contributed by atoms with E-state index in [-0.39, 0.29) is 65.6 Å². The van der Waals surface area contributed by atoms with E-state index < -0.39 is 76.4 Å². The average Bonchev–Trinajstić information content (AvgIpc) is 4.16. The fourth-order valence-electron chi connectivity index (χ4n) is 7.69. The van der Waals surface area contributed by atoms with Gasteiger partial charge in [-0.25, -0.2) is 32.0 Å². The van der Waals surface area contributed by atoms with E-state index in [1.54, 1.807) is 41.5 Å². The Balaban J connectivity index is 1.38. The smallest absolute Gasteiger partial charge is 0.439 e. The molecule has 1 saturated carbocycles. The van der Waals surface area contributed by atoms with Gasteiger partial charge in [0.2, 0.25) is 5.91 Å². The Labute approximate surface area is 432 Å². The second kappa shape index (κ2) is 23.0. The van der Waals surface area contributed by atoms with Crippen LogP contribution in [0.4, 0.5) is 30.1 Å². The van der Waals surface area contributed by atoms with Crippen LogP contribution in [0.5, 0.6) is 5.75 Å². The lowest BCUT2D eigenvalue weighted by molar-refractivity contribution is -0.139. The van der Waals surface area contributed by atoms with E-state index in [1.807, 2.05) is 30.3 Å². The van der Waals surface area contributed by atoms with Crippen LogP contribution in [0.3, 0.4) is 0 Å². The highest BCUT2D eigenvalue weighted by Gasteiger charge is 2.43. The van der Waals surface area contributed by atoms with Crippen molar-refractivity contribution < 1.29 is 60.8 Å². The molecule has 1 unspecified atom stereocenters. The zero-order valence-corrected chi connectivity index (χ0v) is 45.4. The number of carbonyl (C=O) groups excluding carboxylic acids is 4. The Morgan fingerprint density at radius 2 is 1.50 bits per heavy atom. The van der Waals surface area contributed by atoms with Gasteiger partial charge in [-0.1, -0.05) is 62.1 Å². The molecule has 17 nitrogen and oxygen atoms in total. The minimum absolute atomic E-state index is 0.00463. The lowest BCUT2D eigenvalue weighted by Crippen LogP contribution is -2.56. The number of hydrogen-bond acceptors (Lipinski definition) is 13. The minimum Gasteiger partial charge on any atom is -0.489 e. The second-order valence-electron chi connectivity index (χ2n) is 21.4. The van der Waals surface area contributed by atoms with Crippen molar-refractivity contribution in [1.29, 1.82) is 0 Å². The lowest BCUT2D eigenvalue weighted by Gasteiger charge is -2.39. The zero-order chi connectivity index (χ0) is 54.3. The summed E-state index contributed by atoms with van der Waals surface area (Å²) in [5, 5.41) is 15.2. The molecule has 396 valence electrons. The van der Waals surface area contributed by atoms with Crippen molar-refractivity contribution in [3.05, 3.63) is 125 Å². The number of amides is 4. The van der Waals surface area contributed by atoms with Crippen LogP contribution in [-0.2, 0) is 53.2 Å². The highest BCUT2D eigenvalue weighted by atomic mass is 32.2. The molecule has 1 aromatic heterocycles. The predicted molar refractivity (Wildman–Crippen MR) is 281 cm³/mol. The van der Waals surface area contributed by atoms with Crippen LogP contribution in [-0.4, -0.2) is 96.8 Å². The predicted octanol–water partition coefficient (Wildman–Crippen LogP) is 11.1. The van der Waals surface area contributed by atoms with Crippen molar-refractivity contribution in [3.63, 3.8) is 0 Å². The molecular weight excluding hydrogens is 990 g/mol. The Morgan fingerprint density at radius 1 is 0.838 bits per heavy atom. The Hall–Kier alpha value is -7.06. The molecule has 6 rings (SSSR count). The number of nitrogens with one attached hydrogen (secondary N) is 1. The van der Waals surface area contributed by atoms with Gasteiger partial charge >= 0.3 is 24.2 Å². The largest absolute Gasteiger partial charge is 0.489 e. The Kier molecular flexibility index (Phi) is 17.5. The molecule has 1 fully saturated rings. The first kappa shape index (κ1) is 56.2. The number of benzene rings is 4. The van der Waals surface area contributed by atoms with Gasteiger partial charge < -0.3 is 34.3 Å². The first-order valence-corrected chi connectivity index (χ1v) is 29.5. The maximum atomic E-state index is 15.4. The molecule has 1 heterocycles. The van der Waals surface area contributed by atoms with E-state index in [0.29, 0.717) is 34.4 Å². The topological polar surface area (TPSA) is 211 Å². The SMILES string of the molecule is CN(Cc1cc(NC(=O)CCc2cc(C(C(=O)O)N(c3ccc4cncc(F)c4c3)N(C(=O)OC(C)(C)C)C(=O)OC(C)(C)C)ccc2OCc2ccccc2)ccc1S(=O)(=O)C1CC1)C(=O)OCC[Si](C)(C)C. The summed E-state index contributed by atoms with van der Waals surface area (Å²) in [7, 11) is -3.72. The summed E-state index contributed by atoms with van der Waals surface area (Å²) in [4.78, 5) is 74.7. The number of fused-ring (bicyclic) bond motifs is 1. The molecule has 74 heavy (non-hydrogen) atoms. The van der Waals surface area contributed by atoms with Crippen LogP contribution in [0.15, 0.2) is 102 Å². The third-order valence-electron chi connectivity index (χ3n) is 11.5. The van der Waals surface area contributed by atoms with Gasteiger partial charge in [-0.2, -0.15) is 0 Å². The summed E-state index contributed by atoms with van der Waals surface area (Å²) in [5.74, 6) is -2.52. The number of halogens is 1. The monoisotopic (exact) mass is 1060 g/mol. The molecule has 0 aliphatic heterocycles. The van der Waals surface area contributed by atoms with Gasteiger partial charge in [-0.15, -0.1) is 5.01 Å². The number of anilines is 2. The number of aliphatic carboxylic acids is 1.